The normalized spacial score (nSPS) is 10.7. The molecule has 0 saturated carbocycles. The van der Waals surface area contributed by atoms with Crippen molar-refractivity contribution >= 4 is 17.7 Å². The highest BCUT2D eigenvalue weighted by atomic mass is 19.1. The summed E-state index contributed by atoms with van der Waals surface area (Å²) in [6.07, 6.45) is 1.54. The molecule has 0 aliphatic rings. The van der Waals surface area contributed by atoms with Crippen LogP contribution >= 0.6 is 0 Å². The lowest BCUT2D eigenvalue weighted by molar-refractivity contribution is 0.625. The van der Waals surface area contributed by atoms with Gasteiger partial charge in [-0.25, -0.2) is 9.38 Å². The number of hydrogen-bond acceptors (Lipinski definition) is 2. The van der Waals surface area contributed by atoms with Gasteiger partial charge in [-0.05, 0) is 18.2 Å². The molecular weight excluding hydrogens is 169 g/mol. The summed E-state index contributed by atoms with van der Waals surface area (Å²) in [5, 5.41) is 0. The van der Waals surface area contributed by atoms with Gasteiger partial charge in [0.05, 0.1) is 6.34 Å². The summed E-state index contributed by atoms with van der Waals surface area (Å²) in [7, 11) is 3.64. The Morgan fingerprint density at radius 3 is 2.69 bits per heavy atom. The molecule has 0 fully saturated rings. The van der Waals surface area contributed by atoms with E-state index in [-0.39, 0.29) is 0 Å². The Morgan fingerprint density at radius 2 is 2.15 bits per heavy atom. The molecule has 1 rings (SSSR count). The summed E-state index contributed by atoms with van der Waals surface area (Å²) in [6, 6.07) is 4.42. The zero-order valence-corrected chi connectivity index (χ0v) is 7.66. The first kappa shape index (κ1) is 9.51. The van der Waals surface area contributed by atoms with Gasteiger partial charge >= 0.3 is 0 Å². The molecule has 0 aromatic heterocycles. The van der Waals surface area contributed by atoms with E-state index in [4.69, 9.17) is 5.73 Å². The lowest BCUT2D eigenvalue weighted by Gasteiger charge is -2.03. The van der Waals surface area contributed by atoms with Gasteiger partial charge < -0.3 is 10.6 Å². The molecule has 0 heterocycles. The first-order chi connectivity index (χ1) is 6.09. The second-order valence-electron chi connectivity index (χ2n) is 2.92. The number of halogens is 1. The fourth-order valence-electron chi connectivity index (χ4n) is 0.806. The van der Waals surface area contributed by atoms with Crippen molar-refractivity contribution in [2.24, 2.45) is 4.99 Å². The van der Waals surface area contributed by atoms with E-state index in [0.717, 1.165) is 0 Å². The third-order valence-corrected chi connectivity index (χ3v) is 1.40. The topological polar surface area (TPSA) is 41.6 Å². The van der Waals surface area contributed by atoms with Crippen LogP contribution in [0.25, 0.3) is 0 Å². The molecule has 0 bridgehead atoms. The molecule has 70 valence electrons. The van der Waals surface area contributed by atoms with E-state index in [1.807, 2.05) is 14.1 Å². The maximum Gasteiger partial charge on any atom is 0.150 e. The number of anilines is 1. The smallest absolute Gasteiger partial charge is 0.150 e. The lowest BCUT2D eigenvalue weighted by atomic mass is 10.3. The van der Waals surface area contributed by atoms with Crippen LogP contribution in [0.2, 0.25) is 0 Å². The summed E-state index contributed by atoms with van der Waals surface area (Å²) < 4.78 is 13.1. The molecule has 1 aromatic carbocycles. The number of rotatable bonds is 2. The molecule has 0 unspecified atom stereocenters. The predicted octanol–water partition coefficient (Wildman–Crippen LogP) is 1.63. The minimum Gasteiger partial charge on any atom is -0.399 e. The second kappa shape index (κ2) is 3.89. The summed E-state index contributed by atoms with van der Waals surface area (Å²) in [5.74, 6) is -0.405. The zero-order valence-electron chi connectivity index (χ0n) is 7.66. The molecule has 3 nitrogen and oxygen atoms in total. The average Bonchev–Trinajstić information content (AvgIpc) is 2.02. The van der Waals surface area contributed by atoms with E-state index in [0.29, 0.717) is 11.4 Å². The van der Waals surface area contributed by atoms with Gasteiger partial charge in [0.1, 0.15) is 5.69 Å². The summed E-state index contributed by atoms with van der Waals surface area (Å²) in [6.45, 7) is 0. The third-order valence-electron chi connectivity index (χ3n) is 1.40. The monoisotopic (exact) mass is 181 g/mol. The van der Waals surface area contributed by atoms with Crippen molar-refractivity contribution < 1.29 is 4.39 Å². The Morgan fingerprint density at radius 1 is 1.46 bits per heavy atom. The predicted molar refractivity (Wildman–Crippen MR) is 52.7 cm³/mol. The van der Waals surface area contributed by atoms with Crippen LogP contribution < -0.4 is 5.73 Å². The minimum absolute atomic E-state index is 0.294. The average molecular weight is 181 g/mol. The molecule has 0 saturated heterocycles. The number of nitrogens with two attached hydrogens (primary N) is 1. The summed E-state index contributed by atoms with van der Waals surface area (Å²) >= 11 is 0. The molecule has 0 spiro atoms. The Kier molecular flexibility index (Phi) is 2.84. The van der Waals surface area contributed by atoms with Crippen LogP contribution in [0.15, 0.2) is 23.2 Å². The van der Waals surface area contributed by atoms with E-state index in [9.17, 15) is 4.39 Å². The van der Waals surface area contributed by atoms with Gasteiger partial charge in [0, 0.05) is 19.8 Å². The SMILES string of the molecule is CN(C)C=Nc1ccc(N)cc1F. The number of nitrogens with zero attached hydrogens (tertiary/aromatic N) is 2. The van der Waals surface area contributed by atoms with Crippen LogP contribution in [0.1, 0.15) is 0 Å². The number of hydrogen-bond donors (Lipinski definition) is 1. The van der Waals surface area contributed by atoms with Gasteiger partial charge in [-0.2, -0.15) is 0 Å². The molecule has 1 aromatic rings. The van der Waals surface area contributed by atoms with Crippen molar-refractivity contribution in [2.75, 3.05) is 19.8 Å². The van der Waals surface area contributed by atoms with Crippen LogP contribution in [0, 0.1) is 5.82 Å². The standard InChI is InChI=1S/C9H12FN3/c1-13(2)6-12-9-4-3-7(11)5-8(9)10/h3-6H,11H2,1-2H3. The molecule has 13 heavy (non-hydrogen) atoms. The van der Waals surface area contributed by atoms with Crippen molar-refractivity contribution in [1.29, 1.82) is 0 Å². The molecule has 0 atom stereocenters. The van der Waals surface area contributed by atoms with Crippen molar-refractivity contribution in [1.82, 2.24) is 4.90 Å². The Hall–Kier alpha value is -1.58. The fourth-order valence-corrected chi connectivity index (χ4v) is 0.806. The molecule has 0 aliphatic heterocycles. The van der Waals surface area contributed by atoms with Crippen LogP contribution in [-0.2, 0) is 0 Å². The first-order valence-corrected chi connectivity index (χ1v) is 3.85. The fraction of sp³-hybridized carbons (Fsp3) is 0.222. The van der Waals surface area contributed by atoms with Crippen LogP contribution in [-0.4, -0.2) is 25.3 Å². The van der Waals surface area contributed by atoms with Crippen molar-refractivity contribution in [3.63, 3.8) is 0 Å². The van der Waals surface area contributed by atoms with Crippen LogP contribution in [0.4, 0.5) is 15.8 Å². The number of benzene rings is 1. The molecule has 0 radical (unpaired) electrons. The summed E-state index contributed by atoms with van der Waals surface area (Å²) in [4.78, 5) is 5.65. The van der Waals surface area contributed by atoms with Crippen molar-refractivity contribution in [2.45, 2.75) is 0 Å². The number of nitrogen functional groups attached to an aromatic ring is 1. The zero-order chi connectivity index (χ0) is 9.84. The Labute approximate surface area is 76.7 Å². The second-order valence-corrected chi connectivity index (χ2v) is 2.92. The third kappa shape index (κ3) is 2.74. The molecular formula is C9H12FN3. The van der Waals surface area contributed by atoms with Crippen LogP contribution in [0.5, 0.6) is 0 Å². The maximum atomic E-state index is 13.1. The van der Waals surface area contributed by atoms with Gasteiger partial charge in [-0.1, -0.05) is 0 Å². The van der Waals surface area contributed by atoms with E-state index in [1.165, 1.54) is 12.4 Å². The highest BCUT2D eigenvalue weighted by molar-refractivity contribution is 5.62. The van der Waals surface area contributed by atoms with Crippen LogP contribution in [0.3, 0.4) is 0 Å². The van der Waals surface area contributed by atoms with E-state index < -0.39 is 5.82 Å². The van der Waals surface area contributed by atoms with E-state index >= 15 is 0 Å². The van der Waals surface area contributed by atoms with E-state index in [2.05, 4.69) is 4.99 Å². The highest BCUT2D eigenvalue weighted by Crippen LogP contribution is 2.19. The Balaban J connectivity index is 2.90. The largest absolute Gasteiger partial charge is 0.399 e. The van der Waals surface area contributed by atoms with Gasteiger partial charge in [0.15, 0.2) is 5.82 Å². The Bertz CT molecular complexity index is 321. The number of aliphatic imine (C=N–C) groups is 1. The molecule has 0 aliphatic carbocycles. The van der Waals surface area contributed by atoms with Gasteiger partial charge in [0.25, 0.3) is 0 Å². The first-order valence-electron chi connectivity index (χ1n) is 3.85. The highest BCUT2D eigenvalue weighted by Gasteiger charge is 1.98. The molecule has 2 N–H and O–H groups in total. The quantitative estimate of drug-likeness (QED) is 0.428. The van der Waals surface area contributed by atoms with E-state index in [1.54, 1.807) is 17.0 Å². The van der Waals surface area contributed by atoms with Gasteiger partial charge in [0.2, 0.25) is 0 Å². The molecule has 4 heteroatoms. The van der Waals surface area contributed by atoms with Crippen molar-refractivity contribution in [3.05, 3.63) is 24.0 Å². The molecule has 0 amide bonds. The maximum absolute atomic E-state index is 13.1. The van der Waals surface area contributed by atoms with Gasteiger partial charge in [-0.15, -0.1) is 0 Å². The summed E-state index contributed by atoms with van der Waals surface area (Å²) in [5.41, 5.74) is 6.08. The minimum atomic E-state index is -0.405. The van der Waals surface area contributed by atoms with Gasteiger partial charge in [-0.3, -0.25) is 0 Å². The lowest BCUT2D eigenvalue weighted by Crippen LogP contribution is -2.07. The van der Waals surface area contributed by atoms with Crippen molar-refractivity contribution in [3.8, 4) is 0 Å².